The fraction of sp³-hybridized carbons (Fsp3) is 0.320. The maximum Gasteiger partial charge on any atom is 0.433 e. The third-order valence-corrected chi connectivity index (χ3v) is 6.16. The average molecular weight is 473 g/mol. The number of amides is 1. The summed E-state index contributed by atoms with van der Waals surface area (Å²) in [5.41, 5.74) is -1.56. The Morgan fingerprint density at radius 2 is 1.74 bits per heavy atom. The Morgan fingerprint density at radius 1 is 1.09 bits per heavy atom. The van der Waals surface area contributed by atoms with Crippen LogP contribution in [0.5, 0.6) is 0 Å². The molecule has 3 aromatic rings. The first kappa shape index (κ1) is 23.8. The van der Waals surface area contributed by atoms with Crippen molar-refractivity contribution >= 4 is 5.91 Å². The van der Waals surface area contributed by atoms with Gasteiger partial charge in [0.1, 0.15) is 11.5 Å². The Kier molecular flexibility index (Phi) is 5.72. The number of rotatable bonds is 5. The van der Waals surface area contributed by atoms with E-state index in [9.17, 15) is 27.5 Å². The van der Waals surface area contributed by atoms with E-state index in [0.29, 0.717) is 17.7 Å². The van der Waals surface area contributed by atoms with E-state index in [1.54, 1.807) is 18.3 Å². The van der Waals surface area contributed by atoms with Crippen LogP contribution in [0.25, 0.3) is 11.3 Å². The number of nitrogens with zero attached hydrogens (tertiary/aromatic N) is 2. The summed E-state index contributed by atoms with van der Waals surface area (Å²) in [6, 6.07) is 9.46. The first-order valence-corrected chi connectivity index (χ1v) is 10.7. The van der Waals surface area contributed by atoms with Gasteiger partial charge in [-0.3, -0.25) is 14.8 Å². The maximum absolute atomic E-state index is 13.2. The van der Waals surface area contributed by atoms with Gasteiger partial charge in [-0.15, -0.1) is 0 Å². The summed E-state index contributed by atoms with van der Waals surface area (Å²) >= 11 is 0. The molecule has 2 aromatic heterocycles. The lowest BCUT2D eigenvalue weighted by Gasteiger charge is -2.23. The van der Waals surface area contributed by atoms with Gasteiger partial charge in [0.25, 0.3) is 5.91 Å². The van der Waals surface area contributed by atoms with Crippen LogP contribution in [0.4, 0.5) is 17.6 Å². The van der Waals surface area contributed by atoms with Crippen molar-refractivity contribution in [3.63, 3.8) is 0 Å². The van der Waals surface area contributed by atoms with Crippen molar-refractivity contribution in [1.29, 1.82) is 0 Å². The van der Waals surface area contributed by atoms with Crippen molar-refractivity contribution in [3.05, 3.63) is 83.1 Å². The molecule has 0 saturated heterocycles. The van der Waals surface area contributed by atoms with Gasteiger partial charge in [0, 0.05) is 23.5 Å². The summed E-state index contributed by atoms with van der Waals surface area (Å²) in [7, 11) is 0. The van der Waals surface area contributed by atoms with Gasteiger partial charge >= 0.3 is 6.18 Å². The molecule has 1 aromatic carbocycles. The number of carbonyl (C=O) groups excluding carboxylic acids is 1. The van der Waals surface area contributed by atoms with Gasteiger partial charge in [-0.25, -0.2) is 4.39 Å². The molecule has 2 N–H and O–H groups in total. The molecular formula is C25H23F4N3O2. The molecule has 0 bridgehead atoms. The fourth-order valence-electron chi connectivity index (χ4n) is 4.09. The molecule has 1 aliphatic rings. The predicted octanol–water partition coefficient (Wildman–Crippen LogP) is 5.19. The summed E-state index contributed by atoms with van der Waals surface area (Å²) in [6.45, 7) is 4.77. The zero-order chi connectivity index (χ0) is 24.9. The maximum atomic E-state index is 13.2. The first-order chi connectivity index (χ1) is 15.8. The Balaban J connectivity index is 1.64. The lowest BCUT2D eigenvalue weighted by Crippen LogP contribution is -2.36. The van der Waals surface area contributed by atoms with E-state index in [4.69, 9.17) is 0 Å². The third-order valence-electron chi connectivity index (χ3n) is 6.16. The van der Waals surface area contributed by atoms with Gasteiger partial charge in [0.05, 0.1) is 16.8 Å². The Hall–Kier alpha value is -3.33. The van der Waals surface area contributed by atoms with Gasteiger partial charge in [-0.1, -0.05) is 13.0 Å². The van der Waals surface area contributed by atoms with E-state index >= 15 is 0 Å². The minimum absolute atomic E-state index is 0.0502. The van der Waals surface area contributed by atoms with Crippen LogP contribution < -0.4 is 5.32 Å². The number of nitrogens with one attached hydrogen (secondary N) is 1. The van der Waals surface area contributed by atoms with Crippen LogP contribution in [-0.2, 0) is 17.3 Å². The fourth-order valence-corrected chi connectivity index (χ4v) is 4.09. The molecule has 34 heavy (non-hydrogen) atoms. The van der Waals surface area contributed by atoms with Crippen molar-refractivity contribution in [2.24, 2.45) is 5.92 Å². The van der Waals surface area contributed by atoms with E-state index < -0.39 is 28.8 Å². The van der Waals surface area contributed by atoms with E-state index in [1.165, 1.54) is 38.1 Å². The van der Waals surface area contributed by atoms with Crippen LogP contribution in [0, 0.1) is 11.7 Å². The summed E-state index contributed by atoms with van der Waals surface area (Å²) in [5, 5.41) is 13.5. The van der Waals surface area contributed by atoms with Crippen LogP contribution in [-0.4, -0.2) is 21.0 Å². The minimum Gasteiger partial charge on any atom is -0.386 e. The van der Waals surface area contributed by atoms with E-state index in [2.05, 4.69) is 15.3 Å². The molecule has 0 radical (unpaired) electrons. The number of aliphatic hydroxyl groups is 1. The molecule has 9 heteroatoms. The molecular weight excluding hydrogens is 450 g/mol. The van der Waals surface area contributed by atoms with Crippen molar-refractivity contribution in [1.82, 2.24) is 15.3 Å². The lowest BCUT2D eigenvalue weighted by atomic mass is 9.91. The largest absolute Gasteiger partial charge is 0.433 e. The minimum atomic E-state index is -4.65. The van der Waals surface area contributed by atoms with Crippen LogP contribution in [0.1, 0.15) is 54.4 Å². The molecule has 1 aliphatic carbocycles. The summed E-state index contributed by atoms with van der Waals surface area (Å²) in [5.74, 6) is -0.650. The van der Waals surface area contributed by atoms with Crippen LogP contribution >= 0.6 is 0 Å². The molecule has 178 valence electrons. The number of benzene rings is 1. The summed E-state index contributed by atoms with van der Waals surface area (Å²) < 4.78 is 52.6. The first-order valence-electron chi connectivity index (χ1n) is 10.7. The van der Waals surface area contributed by atoms with E-state index in [0.717, 1.165) is 17.8 Å². The van der Waals surface area contributed by atoms with E-state index in [-0.39, 0.29) is 23.0 Å². The topological polar surface area (TPSA) is 75.1 Å². The number of hydrogen-bond donors (Lipinski definition) is 2. The predicted molar refractivity (Wildman–Crippen MR) is 117 cm³/mol. The number of pyridine rings is 2. The van der Waals surface area contributed by atoms with Crippen molar-refractivity contribution in [2.45, 2.75) is 44.5 Å². The highest BCUT2D eigenvalue weighted by Gasteiger charge is 2.54. The smallest absolute Gasteiger partial charge is 0.386 e. The number of halogens is 4. The van der Waals surface area contributed by atoms with Gasteiger partial charge < -0.3 is 10.4 Å². The standard InChI is InChI=1S/C25H23F4N3O2/c1-14-11-24(14,32-22(33)15-4-7-17(26)8-5-15)16-6-9-20(30-12-16)18-13-31-21(25(27,28)29)10-19(18)23(2,3)34/h4-10,12-14,34H,11H2,1-3H3,(H,32,33). The molecule has 1 saturated carbocycles. The van der Waals surface area contributed by atoms with Gasteiger partial charge in [0.15, 0.2) is 0 Å². The number of aromatic nitrogens is 2. The Morgan fingerprint density at radius 3 is 2.24 bits per heavy atom. The van der Waals surface area contributed by atoms with Crippen molar-refractivity contribution in [2.75, 3.05) is 0 Å². The Labute approximate surface area is 193 Å². The Bertz CT molecular complexity index is 1220. The molecule has 0 aliphatic heterocycles. The molecule has 5 nitrogen and oxygen atoms in total. The zero-order valence-electron chi connectivity index (χ0n) is 18.7. The summed E-state index contributed by atoms with van der Waals surface area (Å²) in [4.78, 5) is 20.6. The van der Waals surface area contributed by atoms with Crippen LogP contribution in [0.3, 0.4) is 0 Å². The number of hydrogen-bond acceptors (Lipinski definition) is 4. The normalized spacial score (nSPS) is 20.2. The number of alkyl halides is 3. The highest BCUT2D eigenvalue weighted by Crippen LogP contribution is 2.51. The van der Waals surface area contributed by atoms with Gasteiger partial charge in [0.2, 0.25) is 0 Å². The van der Waals surface area contributed by atoms with Crippen molar-refractivity contribution in [3.8, 4) is 11.3 Å². The molecule has 2 unspecified atom stereocenters. The van der Waals surface area contributed by atoms with E-state index in [1.807, 2.05) is 6.92 Å². The van der Waals surface area contributed by atoms with Crippen molar-refractivity contribution < 1.29 is 27.5 Å². The van der Waals surface area contributed by atoms with Crippen LogP contribution in [0.15, 0.2) is 54.9 Å². The molecule has 2 heterocycles. The number of carbonyl (C=O) groups is 1. The zero-order valence-corrected chi connectivity index (χ0v) is 18.7. The summed E-state index contributed by atoms with van der Waals surface area (Å²) in [6.07, 6.45) is -1.34. The quantitative estimate of drug-likeness (QED) is 0.500. The second-order valence-electron chi connectivity index (χ2n) is 9.14. The average Bonchev–Trinajstić information content (AvgIpc) is 3.42. The molecule has 2 atom stereocenters. The second kappa shape index (κ2) is 8.16. The van der Waals surface area contributed by atoms with Gasteiger partial charge in [-0.05, 0) is 73.7 Å². The van der Waals surface area contributed by atoms with Gasteiger partial charge in [-0.2, -0.15) is 13.2 Å². The molecule has 1 fully saturated rings. The van der Waals surface area contributed by atoms with Crippen LogP contribution in [0.2, 0.25) is 0 Å². The lowest BCUT2D eigenvalue weighted by molar-refractivity contribution is -0.141. The highest BCUT2D eigenvalue weighted by molar-refractivity contribution is 5.95. The molecule has 0 spiro atoms. The highest BCUT2D eigenvalue weighted by atomic mass is 19.4. The second-order valence-corrected chi connectivity index (χ2v) is 9.14. The molecule has 1 amide bonds. The SMILES string of the molecule is CC1CC1(NC(=O)c1ccc(F)cc1)c1ccc(-c2cnc(C(F)(F)F)cc2C(C)(C)O)nc1. The monoisotopic (exact) mass is 473 g/mol. The third kappa shape index (κ3) is 4.52. The molecule has 4 rings (SSSR count).